The maximum absolute atomic E-state index is 11.8. The maximum atomic E-state index is 11.8. The molecule has 0 saturated heterocycles. The second kappa shape index (κ2) is 9.10. The molecule has 1 aromatic rings. The maximum Gasteiger partial charge on any atom is 0.409 e. The number of carbonyl (C=O) groups is 2. The Morgan fingerprint density at radius 1 is 1.32 bits per heavy atom. The number of ether oxygens (including phenoxy) is 2. The van der Waals surface area contributed by atoms with E-state index in [0.717, 1.165) is 28.2 Å². The smallest absolute Gasteiger partial charge is 0.409 e. The van der Waals surface area contributed by atoms with E-state index in [-0.39, 0.29) is 18.4 Å². The Morgan fingerprint density at radius 2 is 2.04 bits per heavy atom. The standard InChI is InChI=1S/C16H20N4O4S/c1-3-23-15(21)13(18-19-17)10-12-9-11-5-7-20(16(22)24-4-2)8-6-14(11)25-12/h9-10H,3-8H2,1-2H3. The Hall–Kier alpha value is -2.51. The molecule has 25 heavy (non-hydrogen) atoms. The van der Waals surface area contributed by atoms with Crippen molar-refractivity contribution < 1.29 is 19.1 Å². The summed E-state index contributed by atoms with van der Waals surface area (Å²) in [5.74, 6) is -0.641. The van der Waals surface area contributed by atoms with E-state index >= 15 is 0 Å². The molecule has 1 amide bonds. The van der Waals surface area contributed by atoms with Crippen LogP contribution in [-0.2, 0) is 27.1 Å². The van der Waals surface area contributed by atoms with E-state index in [1.165, 1.54) is 11.3 Å². The summed E-state index contributed by atoms with van der Waals surface area (Å²) in [6.07, 6.45) is 2.70. The van der Waals surface area contributed by atoms with Gasteiger partial charge in [-0.05, 0) is 49.9 Å². The first-order chi connectivity index (χ1) is 12.1. The predicted molar refractivity (Wildman–Crippen MR) is 94.1 cm³/mol. The van der Waals surface area contributed by atoms with Gasteiger partial charge in [0.2, 0.25) is 0 Å². The van der Waals surface area contributed by atoms with Crippen LogP contribution in [0.15, 0.2) is 16.9 Å². The molecule has 1 aromatic heterocycles. The summed E-state index contributed by atoms with van der Waals surface area (Å²) in [6.45, 7) is 5.23. The molecule has 0 spiro atoms. The number of hydrogen-bond donors (Lipinski definition) is 0. The molecule has 0 atom stereocenters. The lowest BCUT2D eigenvalue weighted by molar-refractivity contribution is -0.138. The van der Waals surface area contributed by atoms with Crippen molar-refractivity contribution in [3.05, 3.63) is 37.5 Å². The zero-order valence-electron chi connectivity index (χ0n) is 14.2. The molecule has 0 N–H and O–H groups in total. The summed E-state index contributed by atoms with van der Waals surface area (Å²) in [5.41, 5.74) is 9.69. The Kier molecular flexibility index (Phi) is 6.85. The van der Waals surface area contributed by atoms with Gasteiger partial charge in [0, 0.05) is 27.8 Å². The number of fused-ring (bicyclic) bond motifs is 1. The van der Waals surface area contributed by atoms with Crippen LogP contribution in [0.2, 0.25) is 0 Å². The minimum absolute atomic E-state index is 0.0612. The van der Waals surface area contributed by atoms with Gasteiger partial charge in [-0.3, -0.25) is 0 Å². The lowest BCUT2D eigenvalue weighted by atomic mass is 10.1. The van der Waals surface area contributed by atoms with Gasteiger partial charge in [-0.15, -0.1) is 11.3 Å². The predicted octanol–water partition coefficient (Wildman–Crippen LogP) is 3.52. The van der Waals surface area contributed by atoms with Crippen LogP contribution in [0.4, 0.5) is 4.79 Å². The molecular weight excluding hydrogens is 344 g/mol. The van der Waals surface area contributed by atoms with E-state index in [4.69, 9.17) is 15.0 Å². The van der Waals surface area contributed by atoms with Crippen molar-refractivity contribution in [2.75, 3.05) is 26.3 Å². The second-order valence-electron chi connectivity index (χ2n) is 5.22. The minimum atomic E-state index is -0.641. The van der Waals surface area contributed by atoms with Gasteiger partial charge in [0.05, 0.1) is 13.2 Å². The highest BCUT2D eigenvalue weighted by atomic mass is 32.1. The van der Waals surface area contributed by atoms with Crippen molar-refractivity contribution in [1.82, 2.24) is 4.90 Å². The molecule has 2 heterocycles. The van der Waals surface area contributed by atoms with Gasteiger partial charge >= 0.3 is 12.1 Å². The minimum Gasteiger partial charge on any atom is -0.462 e. The van der Waals surface area contributed by atoms with Crippen LogP contribution in [0.5, 0.6) is 0 Å². The third-order valence-electron chi connectivity index (χ3n) is 3.62. The fourth-order valence-corrected chi connectivity index (χ4v) is 3.64. The molecule has 0 saturated carbocycles. The van der Waals surface area contributed by atoms with Crippen LogP contribution in [0, 0.1) is 0 Å². The molecular formula is C16H20N4O4S. The van der Waals surface area contributed by atoms with Crippen LogP contribution in [0.25, 0.3) is 16.5 Å². The summed E-state index contributed by atoms with van der Waals surface area (Å²) in [5, 5.41) is 3.42. The summed E-state index contributed by atoms with van der Waals surface area (Å²) in [4.78, 5) is 30.0. The van der Waals surface area contributed by atoms with Crippen LogP contribution >= 0.6 is 11.3 Å². The van der Waals surface area contributed by atoms with Crippen molar-refractivity contribution in [2.24, 2.45) is 5.11 Å². The number of carbonyl (C=O) groups excluding carboxylic acids is 2. The summed E-state index contributed by atoms with van der Waals surface area (Å²) < 4.78 is 9.94. The highest BCUT2D eigenvalue weighted by Crippen LogP contribution is 2.28. The highest BCUT2D eigenvalue weighted by molar-refractivity contribution is 7.13. The average molecular weight is 364 g/mol. The van der Waals surface area contributed by atoms with E-state index in [1.54, 1.807) is 24.8 Å². The quantitative estimate of drug-likeness (QED) is 0.262. The van der Waals surface area contributed by atoms with Crippen LogP contribution in [0.1, 0.15) is 29.2 Å². The third-order valence-corrected chi connectivity index (χ3v) is 4.80. The lowest BCUT2D eigenvalue weighted by Gasteiger charge is -2.19. The molecule has 0 aliphatic carbocycles. The molecule has 1 aliphatic rings. The number of amides is 1. The van der Waals surface area contributed by atoms with Crippen LogP contribution in [0.3, 0.4) is 0 Å². The first-order valence-electron chi connectivity index (χ1n) is 8.06. The molecule has 0 aromatic carbocycles. The van der Waals surface area contributed by atoms with Crippen molar-refractivity contribution >= 4 is 29.5 Å². The average Bonchev–Trinajstić information content (AvgIpc) is 2.86. The van der Waals surface area contributed by atoms with Gasteiger partial charge in [0.25, 0.3) is 0 Å². The van der Waals surface area contributed by atoms with E-state index in [0.29, 0.717) is 19.7 Å². The zero-order valence-corrected chi connectivity index (χ0v) is 15.0. The van der Waals surface area contributed by atoms with Crippen molar-refractivity contribution in [2.45, 2.75) is 26.7 Å². The zero-order chi connectivity index (χ0) is 18.2. The Balaban J connectivity index is 2.15. The number of azide groups is 1. The van der Waals surface area contributed by atoms with Crippen LogP contribution in [-0.4, -0.2) is 43.3 Å². The topological polar surface area (TPSA) is 105 Å². The number of esters is 1. The van der Waals surface area contributed by atoms with Crippen LogP contribution < -0.4 is 0 Å². The summed E-state index contributed by atoms with van der Waals surface area (Å²) in [7, 11) is 0. The fraction of sp³-hybridized carbons (Fsp3) is 0.500. The Morgan fingerprint density at radius 3 is 2.72 bits per heavy atom. The first kappa shape index (κ1) is 18.8. The van der Waals surface area contributed by atoms with Gasteiger partial charge < -0.3 is 14.4 Å². The monoisotopic (exact) mass is 364 g/mol. The largest absolute Gasteiger partial charge is 0.462 e. The fourth-order valence-electron chi connectivity index (χ4n) is 2.50. The summed E-state index contributed by atoms with van der Waals surface area (Å²) >= 11 is 1.52. The third kappa shape index (κ3) is 4.98. The molecule has 0 bridgehead atoms. The number of thiophene rings is 1. The van der Waals surface area contributed by atoms with Gasteiger partial charge in [0.15, 0.2) is 0 Å². The Labute approximate surface area is 149 Å². The van der Waals surface area contributed by atoms with Gasteiger partial charge in [-0.1, -0.05) is 5.11 Å². The van der Waals surface area contributed by atoms with E-state index in [1.807, 2.05) is 6.07 Å². The molecule has 8 nitrogen and oxygen atoms in total. The number of rotatable bonds is 5. The number of nitrogens with zero attached hydrogens (tertiary/aromatic N) is 4. The van der Waals surface area contributed by atoms with Gasteiger partial charge in [-0.25, -0.2) is 9.59 Å². The van der Waals surface area contributed by atoms with Crippen molar-refractivity contribution in [3.8, 4) is 0 Å². The Bertz CT molecular complexity index is 696. The molecule has 2 rings (SSSR count). The molecule has 0 radical (unpaired) electrons. The second-order valence-corrected chi connectivity index (χ2v) is 6.39. The van der Waals surface area contributed by atoms with Gasteiger partial charge in [0.1, 0.15) is 5.70 Å². The summed E-state index contributed by atoms with van der Waals surface area (Å²) in [6, 6.07) is 1.96. The molecule has 9 heteroatoms. The van der Waals surface area contributed by atoms with E-state index in [9.17, 15) is 9.59 Å². The van der Waals surface area contributed by atoms with Crippen molar-refractivity contribution in [3.63, 3.8) is 0 Å². The number of hydrogen-bond acceptors (Lipinski definition) is 6. The first-order valence-corrected chi connectivity index (χ1v) is 8.87. The normalized spacial score (nSPS) is 14.2. The van der Waals surface area contributed by atoms with E-state index in [2.05, 4.69) is 10.0 Å². The molecule has 0 fully saturated rings. The molecule has 0 unspecified atom stereocenters. The SMILES string of the molecule is CCOC(=O)C(=Cc1cc2c(s1)CCN(C(=O)OCC)CC2)N=[N+]=[N-]. The lowest BCUT2D eigenvalue weighted by Crippen LogP contribution is -2.33. The molecule has 134 valence electrons. The van der Waals surface area contributed by atoms with Gasteiger partial charge in [-0.2, -0.15) is 0 Å². The van der Waals surface area contributed by atoms with E-state index < -0.39 is 5.97 Å². The highest BCUT2D eigenvalue weighted by Gasteiger charge is 2.21. The molecule has 1 aliphatic heterocycles. The van der Waals surface area contributed by atoms with Crippen molar-refractivity contribution in [1.29, 1.82) is 0 Å².